The van der Waals surface area contributed by atoms with Crippen molar-refractivity contribution in [1.29, 1.82) is 0 Å². The molecule has 1 aromatic rings. The molecule has 7 nitrogen and oxygen atoms in total. The molecule has 0 aliphatic heterocycles. The van der Waals surface area contributed by atoms with Crippen LogP contribution >= 0.6 is 0 Å². The second-order valence-electron chi connectivity index (χ2n) is 3.17. The molecule has 0 saturated carbocycles. The topological polar surface area (TPSA) is 93.3 Å². The van der Waals surface area contributed by atoms with E-state index in [1.54, 1.807) is 6.92 Å². The molecule has 0 bridgehead atoms. The lowest BCUT2D eigenvalue weighted by Gasteiger charge is -2.21. The number of H-pyrrole nitrogens is 1. The quantitative estimate of drug-likeness (QED) is 0.675. The largest absolute Gasteiger partial charge is 0.354 e. The van der Waals surface area contributed by atoms with Crippen molar-refractivity contribution in [3.8, 4) is 0 Å². The van der Waals surface area contributed by atoms with Crippen LogP contribution in [0.3, 0.4) is 0 Å². The standard InChI is InChI=1S/C8H15N3O4S/c1-6(8(14-2)15-3)11-16(12,13)7-4-5-9-10-7/h4-6,8,11H,1-3H3,(H,9,10). The number of nitrogens with zero attached hydrogens (tertiary/aromatic N) is 1. The first kappa shape index (κ1) is 13.1. The second-order valence-corrected chi connectivity index (χ2v) is 4.85. The van der Waals surface area contributed by atoms with Gasteiger partial charge in [-0.15, -0.1) is 0 Å². The van der Waals surface area contributed by atoms with Crippen LogP contribution in [0.2, 0.25) is 0 Å². The van der Waals surface area contributed by atoms with Crippen molar-refractivity contribution in [2.45, 2.75) is 24.3 Å². The molecular weight excluding hydrogens is 234 g/mol. The van der Waals surface area contributed by atoms with Gasteiger partial charge in [0, 0.05) is 14.2 Å². The zero-order valence-electron chi connectivity index (χ0n) is 9.30. The Morgan fingerprint density at radius 1 is 1.44 bits per heavy atom. The first-order valence-electron chi connectivity index (χ1n) is 4.58. The average molecular weight is 249 g/mol. The Kier molecular flexibility index (Phi) is 4.42. The van der Waals surface area contributed by atoms with Gasteiger partial charge in [0.15, 0.2) is 11.3 Å². The molecule has 1 aromatic heterocycles. The summed E-state index contributed by atoms with van der Waals surface area (Å²) in [6.45, 7) is 1.64. The van der Waals surface area contributed by atoms with E-state index < -0.39 is 22.4 Å². The van der Waals surface area contributed by atoms with Crippen molar-refractivity contribution in [2.75, 3.05) is 14.2 Å². The van der Waals surface area contributed by atoms with E-state index in [0.717, 1.165) is 0 Å². The van der Waals surface area contributed by atoms with E-state index in [2.05, 4.69) is 14.9 Å². The molecule has 1 heterocycles. The summed E-state index contributed by atoms with van der Waals surface area (Å²) in [5.41, 5.74) is 0. The van der Waals surface area contributed by atoms with Crippen LogP contribution < -0.4 is 4.72 Å². The van der Waals surface area contributed by atoms with Crippen LogP contribution in [0, 0.1) is 0 Å². The number of hydrogen-bond acceptors (Lipinski definition) is 5. The zero-order valence-corrected chi connectivity index (χ0v) is 10.1. The molecule has 0 spiro atoms. The number of nitrogens with one attached hydrogen (secondary N) is 2. The Hall–Kier alpha value is -0.960. The SMILES string of the molecule is COC(OC)C(C)NS(=O)(=O)c1ccn[nH]1. The Bertz CT molecular complexity index is 399. The fraction of sp³-hybridized carbons (Fsp3) is 0.625. The van der Waals surface area contributed by atoms with E-state index in [1.807, 2.05) is 0 Å². The third-order valence-electron chi connectivity index (χ3n) is 1.98. The van der Waals surface area contributed by atoms with E-state index in [9.17, 15) is 8.42 Å². The van der Waals surface area contributed by atoms with Crippen LogP contribution in [0.15, 0.2) is 17.3 Å². The van der Waals surface area contributed by atoms with Gasteiger partial charge in [0.25, 0.3) is 10.0 Å². The van der Waals surface area contributed by atoms with Crippen molar-refractivity contribution in [1.82, 2.24) is 14.9 Å². The van der Waals surface area contributed by atoms with Crippen LogP contribution in [-0.4, -0.2) is 45.2 Å². The maximum atomic E-state index is 11.7. The molecule has 1 unspecified atom stereocenters. The molecule has 0 saturated heterocycles. The number of ether oxygens (including phenoxy) is 2. The van der Waals surface area contributed by atoms with Crippen LogP contribution in [0.4, 0.5) is 0 Å². The molecule has 1 atom stereocenters. The third-order valence-corrected chi connectivity index (χ3v) is 3.47. The Morgan fingerprint density at radius 3 is 2.50 bits per heavy atom. The van der Waals surface area contributed by atoms with Gasteiger partial charge >= 0.3 is 0 Å². The van der Waals surface area contributed by atoms with E-state index in [-0.39, 0.29) is 5.03 Å². The van der Waals surface area contributed by atoms with Gasteiger partial charge in [-0.3, -0.25) is 5.10 Å². The molecule has 16 heavy (non-hydrogen) atoms. The number of aromatic amines is 1. The van der Waals surface area contributed by atoms with Crippen LogP contribution in [0.25, 0.3) is 0 Å². The van der Waals surface area contributed by atoms with Gasteiger partial charge in [0.05, 0.1) is 12.2 Å². The molecule has 0 radical (unpaired) electrons. The van der Waals surface area contributed by atoms with E-state index >= 15 is 0 Å². The summed E-state index contributed by atoms with van der Waals surface area (Å²) in [4.78, 5) is 0. The molecular formula is C8H15N3O4S. The molecule has 0 aliphatic rings. The first-order valence-corrected chi connectivity index (χ1v) is 6.07. The van der Waals surface area contributed by atoms with Gasteiger partial charge in [-0.05, 0) is 13.0 Å². The summed E-state index contributed by atoms with van der Waals surface area (Å²) in [6, 6.07) is 0.854. The molecule has 0 fully saturated rings. The highest BCUT2D eigenvalue weighted by atomic mass is 32.2. The summed E-state index contributed by atoms with van der Waals surface area (Å²) in [5, 5.41) is 5.95. The fourth-order valence-corrected chi connectivity index (χ4v) is 2.40. The molecule has 1 rings (SSSR count). The number of hydrogen-bond donors (Lipinski definition) is 2. The monoisotopic (exact) mass is 249 g/mol. The van der Waals surface area contributed by atoms with Gasteiger partial charge in [0.1, 0.15) is 0 Å². The summed E-state index contributed by atoms with van der Waals surface area (Å²) in [7, 11) is -0.730. The number of sulfonamides is 1. The highest BCUT2D eigenvalue weighted by Gasteiger charge is 2.24. The highest BCUT2D eigenvalue weighted by Crippen LogP contribution is 2.06. The zero-order chi connectivity index (χ0) is 12.2. The van der Waals surface area contributed by atoms with Gasteiger partial charge in [-0.25, -0.2) is 13.1 Å². The normalized spacial score (nSPS) is 14.2. The number of rotatable bonds is 6. The van der Waals surface area contributed by atoms with Crippen molar-refractivity contribution in [3.05, 3.63) is 12.3 Å². The van der Waals surface area contributed by atoms with Crippen LogP contribution in [0.5, 0.6) is 0 Å². The molecule has 0 aliphatic carbocycles. The molecule has 8 heteroatoms. The van der Waals surface area contributed by atoms with Gasteiger partial charge in [0.2, 0.25) is 0 Å². The second kappa shape index (κ2) is 5.39. The Labute approximate surface area is 94.2 Å². The van der Waals surface area contributed by atoms with Crippen LogP contribution in [-0.2, 0) is 19.5 Å². The minimum absolute atomic E-state index is 0.00491. The van der Waals surface area contributed by atoms with E-state index in [0.29, 0.717) is 0 Å². The molecule has 2 N–H and O–H groups in total. The highest BCUT2D eigenvalue weighted by molar-refractivity contribution is 7.89. The maximum absolute atomic E-state index is 11.7. The lowest BCUT2D eigenvalue weighted by Crippen LogP contribution is -2.42. The van der Waals surface area contributed by atoms with Crippen molar-refractivity contribution in [3.63, 3.8) is 0 Å². The minimum atomic E-state index is -3.61. The van der Waals surface area contributed by atoms with Crippen LogP contribution in [0.1, 0.15) is 6.92 Å². The van der Waals surface area contributed by atoms with Gasteiger partial charge in [-0.1, -0.05) is 0 Å². The maximum Gasteiger partial charge on any atom is 0.257 e. The van der Waals surface area contributed by atoms with E-state index in [4.69, 9.17) is 9.47 Å². The minimum Gasteiger partial charge on any atom is -0.354 e. The Balaban J connectivity index is 2.74. The summed E-state index contributed by atoms with van der Waals surface area (Å²) >= 11 is 0. The smallest absolute Gasteiger partial charge is 0.257 e. The predicted molar refractivity (Wildman–Crippen MR) is 56.2 cm³/mol. The van der Waals surface area contributed by atoms with Crippen molar-refractivity contribution in [2.24, 2.45) is 0 Å². The lowest BCUT2D eigenvalue weighted by atomic mass is 10.3. The summed E-state index contributed by atoms with van der Waals surface area (Å²) in [5.74, 6) is 0. The average Bonchev–Trinajstić information content (AvgIpc) is 2.71. The lowest BCUT2D eigenvalue weighted by molar-refractivity contribution is -0.115. The van der Waals surface area contributed by atoms with Crippen molar-refractivity contribution >= 4 is 10.0 Å². The van der Waals surface area contributed by atoms with Gasteiger partial charge in [-0.2, -0.15) is 5.10 Å². The fourth-order valence-electron chi connectivity index (χ4n) is 1.26. The van der Waals surface area contributed by atoms with E-state index in [1.165, 1.54) is 26.5 Å². The Morgan fingerprint density at radius 2 is 2.06 bits per heavy atom. The van der Waals surface area contributed by atoms with Gasteiger partial charge < -0.3 is 9.47 Å². The van der Waals surface area contributed by atoms with Crippen molar-refractivity contribution < 1.29 is 17.9 Å². The summed E-state index contributed by atoms with van der Waals surface area (Å²) < 4.78 is 35.8. The molecule has 0 aromatic carbocycles. The summed E-state index contributed by atoms with van der Waals surface area (Å²) in [6.07, 6.45) is 0.723. The third kappa shape index (κ3) is 3.01. The predicted octanol–water partition coefficient (Wildman–Crippen LogP) is -0.305. The number of methoxy groups -OCH3 is 2. The molecule has 92 valence electrons. The molecule has 0 amide bonds. The number of aromatic nitrogens is 2. The first-order chi connectivity index (χ1) is 7.51.